The molecule has 0 saturated carbocycles. The molecule has 0 aromatic carbocycles. The van der Waals surface area contributed by atoms with E-state index in [9.17, 15) is 0 Å². The second-order valence-electron chi connectivity index (χ2n) is 4.15. The quantitative estimate of drug-likeness (QED) is 0.526. The lowest BCUT2D eigenvalue weighted by atomic mass is 10.0. The van der Waals surface area contributed by atoms with Gasteiger partial charge >= 0.3 is 0 Å². The van der Waals surface area contributed by atoms with Crippen LogP contribution in [0.25, 0.3) is 0 Å². The number of nitrogens with zero attached hydrogens (tertiary/aromatic N) is 3. The summed E-state index contributed by atoms with van der Waals surface area (Å²) in [4.78, 5) is 0. The first-order chi connectivity index (χ1) is 7.63. The van der Waals surface area contributed by atoms with Crippen LogP contribution in [0.3, 0.4) is 0 Å². The highest BCUT2D eigenvalue weighted by Gasteiger charge is 2.03. The van der Waals surface area contributed by atoms with Crippen LogP contribution >= 0.6 is 0 Å². The SMILES string of the molecule is C=C(C)C(C)CCOCc1cn(CC)nn1. The van der Waals surface area contributed by atoms with Crippen LogP contribution in [-0.4, -0.2) is 21.6 Å². The van der Waals surface area contributed by atoms with Crippen LogP contribution in [0.2, 0.25) is 0 Å². The van der Waals surface area contributed by atoms with Gasteiger partial charge in [0.2, 0.25) is 0 Å². The van der Waals surface area contributed by atoms with Crippen LogP contribution in [0.15, 0.2) is 18.3 Å². The Kier molecular flexibility index (Phi) is 5.19. The molecule has 1 rings (SSSR count). The Balaban J connectivity index is 2.18. The summed E-state index contributed by atoms with van der Waals surface area (Å²) in [6, 6.07) is 0. The van der Waals surface area contributed by atoms with E-state index in [1.165, 1.54) is 5.57 Å². The van der Waals surface area contributed by atoms with Crippen molar-refractivity contribution < 1.29 is 4.74 Å². The van der Waals surface area contributed by atoms with Gasteiger partial charge in [-0.1, -0.05) is 24.3 Å². The van der Waals surface area contributed by atoms with E-state index in [2.05, 4.69) is 30.7 Å². The molecule has 0 radical (unpaired) electrons. The number of hydrogen-bond acceptors (Lipinski definition) is 3. The molecule has 1 aromatic heterocycles. The zero-order valence-electron chi connectivity index (χ0n) is 10.4. The topological polar surface area (TPSA) is 39.9 Å². The van der Waals surface area contributed by atoms with Crippen LogP contribution in [0.1, 0.15) is 32.9 Å². The fourth-order valence-corrected chi connectivity index (χ4v) is 1.24. The van der Waals surface area contributed by atoms with E-state index in [1.54, 1.807) is 4.68 Å². The maximum absolute atomic E-state index is 5.54. The van der Waals surface area contributed by atoms with E-state index in [4.69, 9.17) is 4.74 Å². The predicted molar refractivity (Wildman–Crippen MR) is 63.9 cm³/mol. The van der Waals surface area contributed by atoms with E-state index in [1.807, 2.05) is 13.1 Å². The molecular weight excluding hydrogens is 202 g/mol. The summed E-state index contributed by atoms with van der Waals surface area (Å²) >= 11 is 0. The van der Waals surface area contributed by atoms with Gasteiger partial charge in [0.05, 0.1) is 12.8 Å². The number of ether oxygens (including phenoxy) is 1. The van der Waals surface area contributed by atoms with Crippen LogP contribution in [0, 0.1) is 5.92 Å². The lowest BCUT2D eigenvalue weighted by Crippen LogP contribution is -2.03. The maximum atomic E-state index is 5.54. The zero-order chi connectivity index (χ0) is 12.0. The second-order valence-corrected chi connectivity index (χ2v) is 4.15. The summed E-state index contributed by atoms with van der Waals surface area (Å²) < 4.78 is 7.34. The van der Waals surface area contributed by atoms with Crippen molar-refractivity contribution in [2.75, 3.05) is 6.61 Å². The molecule has 0 aliphatic heterocycles. The molecule has 1 atom stereocenters. The Labute approximate surface area is 97.3 Å². The lowest BCUT2D eigenvalue weighted by molar-refractivity contribution is 0.109. The minimum atomic E-state index is 0.520. The van der Waals surface area contributed by atoms with Crippen LogP contribution in [0.5, 0.6) is 0 Å². The molecule has 1 aromatic rings. The fraction of sp³-hybridized carbons (Fsp3) is 0.667. The smallest absolute Gasteiger partial charge is 0.108 e. The van der Waals surface area contributed by atoms with Crippen molar-refractivity contribution in [2.45, 2.75) is 40.3 Å². The Hall–Kier alpha value is -1.16. The predicted octanol–water partition coefficient (Wildman–Crippen LogP) is 2.42. The summed E-state index contributed by atoms with van der Waals surface area (Å²) in [7, 11) is 0. The zero-order valence-corrected chi connectivity index (χ0v) is 10.4. The van der Waals surface area contributed by atoms with Crippen molar-refractivity contribution in [2.24, 2.45) is 5.92 Å². The van der Waals surface area contributed by atoms with Gasteiger partial charge in [-0.05, 0) is 26.2 Å². The van der Waals surface area contributed by atoms with Gasteiger partial charge in [-0.2, -0.15) is 0 Å². The third kappa shape index (κ3) is 4.14. The summed E-state index contributed by atoms with van der Waals surface area (Å²) in [6.07, 6.45) is 2.93. The van der Waals surface area contributed by atoms with Gasteiger partial charge in [0, 0.05) is 13.2 Å². The minimum Gasteiger partial charge on any atom is -0.375 e. The Morgan fingerprint density at radius 2 is 2.38 bits per heavy atom. The van der Waals surface area contributed by atoms with E-state index < -0.39 is 0 Å². The van der Waals surface area contributed by atoms with Gasteiger partial charge in [0.15, 0.2) is 0 Å². The molecule has 4 heteroatoms. The molecule has 0 spiro atoms. The Morgan fingerprint density at radius 3 is 2.94 bits per heavy atom. The highest BCUT2D eigenvalue weighted by molar-refractivity contribution is 4.93. The normalized spacial score (nSPS) is 12.7. The molecular formula is C12H21N3O. The molecule has 0 saturated heterocycles. The van der Waals surface area contributed by atoms with Crippen LogP contribution in [0.4, 0.5) is 0 Å². The molecule has 0 bridgehead atoms. The largest absolute Gasteiger partial charge is 0.375 e. The molecule has 4 nitrogen and oxygen atoms in total. The first-order valence-corrected chi connectivity index (χ1v) is 5.75. The lowest BCUT2D eigenvalue weighted by Gasteiger charge is -2.10. The molecule has 0 aliphatic rings. The van der Waals surface area contributed by atoms with Crippen molar-refractivity contribution in [1.82, 2.24) is 15.0 Å². The molecule has 16 heavy (non-hydrogen) atoms. The van der Waals surface area contributed by atoms with E-state index in [0.717, 1.165) is 25.3 Å². The third-order valence-electron chi connectivity index (χ3n) is 2.70. The van der Waals surface area contributed by atoms with Gasteiger partial charge in [0.1, 0.15) is 5.69 Å². The van der Waals surface area contributed by atoms with Crippen molar-refractivity contribution in [3.63, 3.8) is 0 Å². The van der Waals surface area contributed by atoms with E-state index >= 15 is 0 Å². The summed E-state index contributed by atoms with van der Waals surface area (Å²) in [5, 5.41) is 7.96. The van der Waals surface area contributed by atoms with Gasteiger partial charge < -0.3 is 4.74 Å². The van der Waals surface area contributed by atoms with Gasteiger partial charge in [-0.3, -0.25) is 4.68 Å². The standard InChI is InChI=1S/C12H21N3O/c1-5-15-8-12(13-14-15)9-16-7-6-11(4)10(2)3/h8,11H,2,5-7,9H2,1,3-4H3. The molecule has 0 aliphatic carbocycles. The molecule has 1 heterocycles. The summed E-state index contributed by atoms with van der Waals surface area (Å²) in [6.45, 7) is 12.3. The second kappa shape index (κ2) is 6.43. The molecule has 90 valence electrons. The molecule has 1 unspecified atom stereocenters. The molecule has 0 amide bonds. The number of hydrogen-bond donors (Lipinski definition) is 0. The Morgan fingerprint density at radius 1 is 1.62 bits per heavy atom. The van der Waals surface area contributed by atoms with Crippen LogP contribution < -0.4 is 0 Å². The maximum Gasteiger partial charge on any atom is 0.108 e. The Bertz CT molecular complexity index is 333. The average Bonchev–Trinajstić information content (AvgIpc) is 2.71. The number of aryl methyl sites for hydroxylation is 1. The van der Waals surface area contributed by atoms with Gasteiger partial charge in [-0.25, -0.2) is 0 Å². The highest BCUT2D eigenvalue weighted by atomic mass is 16.5. The van der Waals surface area contributed by atoms with E-state index in [-0.39, 0.29) is 0 Å². The first-order valence-electron chi connectivity index (χ1n) is 5.75. The van der Waals surface area contributed by atoms with E-state index in [0.29, 0.717) is 12.5 Å². The number of rotatable bonds is 7. The van der Waals surface area contributed by atoms with Crippen LogP contribution in [-0.2, 0) is 17.9 Å². The van der Waals surface area contributed by atoms with Gasteiger partial charge in [0.25, 0.3) is 0 Å². The molecule has 0 fully saturated rings. The highest BCUT2D eigenvalue weighted by Crippen LogP contribution is 2.11. The van der Waals surface area contributed by atoms with Crippen molar-refractivity contribution in [1.29, 1.82) is 0 Å². The number of aromatic nitrogens is 3. The summed E-state index contributed by atoms with van der Waals surface area (Å²) in [5.41, 5.74) is 2.10. The first kappa shape index (κ1) is 12.9. The third-order valence-corrected chi connectivity index (χ3v) is 2.70. The number of allylic oxidation sites excluding steroid dienone is 1. The summed E-state index contributed by atoms with van der Waals surface area (Å²) in [5.74, 6) is 0.520. The van der Waals surface area contributed by atoms with Crippen molar-refractivity contribution >= 4 is 0 Å². The average molecular weight is 223 g/mol. The van der Waals surface area contributed by atoms with Crippen molar-refractivity contribution in [3.05, 3.63) is 24.0 Å². The van der Waals surface area contributed by atoms with Crippen molar-refractivity contribution in [3.8, 4) is 0 Å². The van der Waals surface area contributed by atoms with Gasteiger partial charge in [-0.15, -0.1) is 5.10 Å². The molecule has 0 N–H and O–H groups in total. The minimum absolute atomic E-state index is 0.520. The monoisotopic (exact) mass is 223 g/mol. The fourth-order valence-electron chi connectivity index (χ4n) is 1.24.